The van der Waals surface area contributed by atoms with Gasteiger partial charge in [-0.25, -0.2) is 5.90 Å². The number of nitrogens with two attached hydrogens (primary N) is 1. The lowest BCUT2D eigenvalue weighted by molar-refractivity contribution is 0.122. The van der Waals surface area contributed by atoms with Crippen molar-refractivity contribution in [1.29, 1.82) is 0 Å². The van der Waals surface area contributed by atoms with Crippen LogP contribution in [0, 0.1) is 0 Å². The Morgan fingerprint density at radius 1 is 1.55 bits per heavy atom. The van der Waals surface area contributed by atoms with Gasteiger partial charge in [0.1, 0.15) is 5.75 Å². The topological polar surface area (TPSA) is 55.5 Å². The third-order valence-electron chi connectivity index (χ3n) is 1.28. The highest BCUT2D eigenvalue weighted by Gasteiger charge is 2.00. The summed E-state index contributed by atoms with van der Waals surface area (Å²) >= 11 is 3.26. The van der Waals surface area contributed by atoms with Crippen LogP contribution in [-0.2, 0) is 11.4 Å². The number of benzene rings is 1. The molecule has 0 bridgehead atoms. The van der Waals surface area contributed by atoms with Gasteiger partial charge in [0.25, 0.3) is 0 Å². The summed E-state index contributed by atoms with van der Waals surface area (Å²) in [5.74, 6) is 5.05. The van der Waals surface area contributed by atoms with E-state index < -0.39 is 0 Å². The fourth-order valence-corrected chi connectivity index (χ4v) is 1.17. The molecule has 0 aliphatic heterocycles. The van der Waals surface area contributed by atoms with E-state index in [2.05, 4.69) is 20.8 Å². The van der Waals surface area contributed by atoms with Crippen molar-refractivity contribution in [2.45, 2.75) is 6.61 Å². The zero-order chi connectivity index (χ0) is 8.27. The second-order valence-corrected chi connectivity index (χ2v) is 3.00. The van der Waals surface area contributed by atoms with Crippen molar-refractivity contribution in [2.75, 3.05) is 0 Å². The highest BCUT2D eigenvalue weighted by atomic mass is 79.9. The second kappa shape index (κ2) is 3.71. The molecule has 0 atom stereocenters. The molecule has 0 amide bonds. The average molecular weight is 218 g/mol. The van der Waals surface area contributed by atoms with Crippen molar-refractivity contribution in [3.63, 3.8) is 0 Å². The van der Waals surface area contributed by atoms with Crippen LogP contribution in [0.2, 0.25) is 0 Å². The smallest absolute Gasteiger partial charge is 0.121 e. The summed E-state index contributed by atoms with van der Waals surface area (Å²) in [6.07, 6.45) is 0. The molecule has 0 saturated carbocycles. The fraction of sp³-hybridized carbons (Fsp3) is 0.143. The minimum absolute atomic E-state index is 0.193. The Bertz CT molecular complexity index is 252. The number of rotatable bonds is 2. The predicted molar refractivity (Wildman–Crippen MR) is 44.8 cm³/mol. The van der Waals surface area contributed by atoms with Gasteiger partial charge in [0.15, 0.2) is 0 Å². The summed E-state index contributed by atoms with van der Waals surface area (Å²) in [5.41, 5.74) is 0.668. The van der Waals surface area contributed by atoms with Crippen LogP contribution in [0.25, 0.3) is 0 Å². The van der Waals surface area contributed by atoms with Crippen LogP contribution in [-0.4, -0.2) is 5.11 Å². The Morgan fingerprint density at radius 2 is 2.27 bits per heavy atom. The van der Waals surface area contributed by atoms with Gasteiger partial charge in [-0.3, -0.25) is 4.84 Å². The number of hydrogen-bond acceptors (Lipinski definition) is 3. The minimum Gasteiger partial charge on any atom is -0.508 e. The molecule has 1 aromatic rings. The molecule has 0 saturated heterocycles. The molecule has 0 aliphatic rings. The van der Waals surface area contributed by atoms with Crippen molar-refractivity contribution < 1.29 is 9.94 Å². The first-order chi connectivity index (χ1) is 5.24. The zero-order valence-electron chi connectivity index (χ0n) is 5.75. The van der Waals surface area contributed by atoms with E-state index in [-0.39, 0.29) is 12.4 Å². The lowest BCUT2D eigenvalue weighted by atomic mass is 10.2. The second-order valence-electron chi connectivity index (χ2n) is 2.08. The van der Waals surface area contributed by atoms with Crippen molar-refractivity contribution in [2.24, 2.45) is 5.90 Å². The van der Waals surface area contributed by atoms with E-state index in [4.69, 9.17) is 5.90 Å². The van der Waals surface area contributed by atoms with E-state index in [9.17, 15) is 5.11 Å². The molecule has 1 aromatic carbocycles. The first kappa shape index (κ1) is 8.52. The monoisotopic (exact) mass is 217 g/mol. The summed E-state index contributed by atoms with van der Waals surface area (Å²) in [6, 6.07) is 5.08. The molecular weight excluding hydrogens is 210 g/mol. The Morgan fingerprint density at radius 3 is 2.91 bits per heavy atom. The Balaban J connectivity index is 2.93. The number of aromatic hydroxyl groups is 1. The molecule has 11 heavy (non-hydrogen) atoms. The first-order valence-corrected chi connectivity index (χ1v) is 3.82. The lowest BCUT2D eigenvalue weighted by Crippen LogP contribution is -1.98. The third-order valence-corrected chi connectivity index (χ3v) is 1.77. The van der Waals surface area contributed by atoms with Crippen LogP contribution in [0.4, 0.5) is 0 Å². The Labute approximate surface area is 72.9 Å². The van der Waals surface area contributed by atoms with Crippen LogP contribution in [0.1, 0.15) is 5.56 Å². The Hall–Kier alpha value is -0.580. The summed E-state index contributed by atoms with van der Waals surface area (Å²) < 4.78 is 0.891. The van der Waals surface area contributed by atoms with E-state index in [1.54, 1.807) is 18.2 Å². The standard InChI is InChI=1S/C7H8BrNO2/c8-6-1-2-7(10)5(3-6)4-11-9/h1-3,10H,4,9H2. The fourth-order valence-electron chi connectivity index (χ4n) is 0.759. The maximum atomic E-state index is 9.21. The van der Waals surface area contributed by atoms with Crippen molar-refractivity contribution in [1.82, 2.24) is 0 Å². The van der Waals surface area contributed by atoms with E-state index in [0.717, 1.165) is 4.47 Å². The van der Waals surface area contributed by atoms with Gasteiger partial charge in [-0.2, -0.15) is 0 Å². The van der Waals surface area contributed by atoms with Gasteiger partial charge >= 0.3 is 0 Å². The molecule has 0 heterocycles. The number of phenolic OH excluding ortho intramolecular Hbond substituents is 1. The molecule has 4 heteroatoms. The molecule has 3 N–H and O–H groups in total. The number of phenols is 1. The average Bonchev–Trinajstić information content (AvgIpc) is 1.98. The molecule has 0 aromatic heterocycles. The van der Waals surface area contributed by atoms with E-state index in [0.29, 0.717) is 5.56 Å². The van der Waals surface area contributed by atoms with E-state index in [1.165, 1.54) is 0 Å². The first-order valence-electron chi connectivity index (χ1n) is 3.03. The van der Waals surface area contributed by atoms with E-state index in [1.807, 2.05) is 0 Å². The third kappa shape index (κ3) is 2.18. The number of halogens is 1. The molecule has 0 unspecified atom stereocenters. The maximum Gasteiger partial charge on any atom is 0.121 e. The van der Waals surface area contributed by atoms with Gasteiger partial charge in [-0.15, -0.1) is 0 Å². The Kier molecular flexibility index (Phi) is 2.87. The zero-order valence-corrected chi connectivity index (χ0v) is 7.34. The van der Waals surface area contributed by atoms with Crippen LogP contribution in [0.5, 0.6) is 5.75 Å². The van der Waals surface area contributed by atoms with Crippen LogP contribution < -0.4 is 5.90 Å². The van der Waals surface area contributed by atoms with Gasteiger partial charge < -0.3 is 5.11 Å². The largest absolute Gasteiger partial charge is 0.508 e. The highest BCUT2D eigenvalue weighted by Crippen LogP contribution is 2.21. The summed E-state index contributed by atoms with van der Waals surface area (Å²) in [4.78, 5) is 4.38. The molecule has 0 spiro atoms. The van der Waals surface area contributed by atoms with Crippen LogP contribution >= 0.6 is 15.9 Å². The van der Waals surface area contributed by atoms with Crippen LogP contribution in [0.3, 0.4) is 0 Å². The predicted octanol–water partition coefficient (Wildman–Crippen LogP) is 1.54. The van der Waals surface area contributed by atoms with Gasteiger partial charge in [-0.05, 0) is 18.2 Å². The SMILES string of the molecule is NOCc1cc(Br)ccc1O. The maximum absolute atomic E-state index is 9.21. The van der Waals surface area contributed by atoms with Gasteiger partial charge in [0.05, 0.1) is 6.61 Å². The molecule has 0 fully saturated rings. The molecule has 0 radical (unpaired) electrons. The van der Waals surface area contributed by atoms with Crippen molar-refractivity contribution >= 4 is 15.9 Å². The summed E-state index contributed by atoms with van der Waals surface area (Å²) in [6.45, 7) is 0.214. The summed E-state index contributed by atoms with van der Waals surface area (Å²) in [7, 11) is 0. The molecular formula is C7H8BrNO2. The van der Waals surface area contributed by atoms with Gasteiger partial charge in [0.2, 0.25) is 0 Å². The lowest BCUT2D eigenvalue weighted by Gasteiger charge is -2.02. The number of hydrogen-bond donors (Lipinski definition) is 2. The normalized spacial score (nSPS) is 10.0. The van der Waals surface area contributed by atoms with Crippen molar-refractivity contribution in [3.05, 3.63) is 28.2 Å². The highest BCUT2D eigenvalue weighted by molar-refractivity contribution is 9.10. The minimum atomic E-state index is 0.193. The molecule has 1 rings (SSSR count). The van der Waals surface area contributed by atoms with Crippen molar-refractivity contribution in [3.8, 4) is 5.75 Å². The van der Waals surface area contributed by atoms with E-state index >= 15 is 0 Å². The van der Waals surface area contributed by atoms with Gasteiger partial charge in [-0.1, -0.05) is 15.9 Å². The van der Waals surface area contributed by atoms with Gasteiger partial charge in [0, 0.05) is 10.0 Å². The quantitative estimate of drug-likeness (QED) is 0.740. The van der Waals surface area contributed by atoms with Crippen LogP contribution in [0.15, 0.2) is 22.7 Å². The summed E-state index contributed by atoms with van der Waals surface area (Å²) in [5, 5.41) is 9.21. The molecule has 0 aliphatic carbocycles. The molecule has 3 nitrogen and oxygen atoms in total. The molecule has 60 valence electrons.